The van der Waals surface area contributed by atoms with Gasteiger partial charge in [0, 0.05) is 10.3 Å². The number of carbonyl (C=O) groups excluding carboxylic acids is 1. The molecule has 4 heteroatoms. The van der Waals surface area contributed by atoms with Gasteiger partial charge < -0.3 is 5.11 Å². The van der Waals surface area contributed by atoms with Gasteiger partial charge in [0.15, 0.2) is 5.13 Å². The number of halogens is 1. The van der Waals surface area contributed by atoms with Crippen LogP contribution >= 0.6 is 11.3 Å². The number of thiophene rings is 1. The number of hydrogen-bond donors (Lipinski definition) is 1. The number of rotatable bonds is 2. The maximum Gasteiger partial charge on any atom is 0.177 e. The van der Waals surface area contributed by atoms with Crippen LogP contribution in [0.4, 0.5) is 4.39 Å². The predicted molar refractivity (Wildman–Crippen MR) is 53.1 cm³/mol. The molecule has 14 heavy (non-hydrogen) atoms. The summed E-state index contributed by atoms with van der Waals surface area (Å²) >= 11 is 0.980. The zero-order chi connectivity index (χ0) is 10.1. The summed E-state index contributed by atoms with van der Waals surface area (Å²) in [5.41, 5.74) is 1.05. The lowest BCUT2D eigenvalue weighted by Gasteiger charge is -1.99. The second kappa shape index (κ2) is 3.48. The first-order chi connectivity index (χ1) is 6.74. The smallest absolute Gasteiger partial charge is 0.177 e. The van der Waals surface area contributed by atoms with E-state index in [0.29, 0.717) is 27.5 Å². The Bertz CT molecular complexity index is 490. The predicted octanol–water partition coefficient (Wildman–Crippen LogP) is 2.35. The van der Waals surface area contributed by atoms with Crippen molar-refractivity contribution >= 4 is 27.7 Å². The first kappa shape index (κ1) is 9.30. The highest BCUT2D eigenvalue weighted by atomic mass is 32.1. The molecule has 0 unspecified atom stereocenters. The Balaban J connectivity index is 2.78. The third kappa shape index (κ3) is 1.42. The van der Waals surface area contributed by atoms with Gasteiger partial charge >= 0.3 is 0 Å². The van der Waals surface area contributed by atoms with Gasteiger partial charge in [-0.2, -0.15) is 4.39 Å². The Hall–Kier alpha value is -1.26. The molecule has 1 aromatic heterocycles. The van der Waals surface area contributed by atoms with Crippen molar-refractivity contribution in [1.82, 2.24) is 0 Å². The van der Waals surface area contributed by atoms with Crippen LogP contribution in [0.25, 0.3) is 10.1 Å². The maximum atomic E-state index is 12.9. The molecule has 0 atom stereocenters. The van der Waals surface area contributed by atoms with E-state index in [2.05, 4.69) is 0 Å². The van der Waals surface area contributed by atoms with Gasteiger partial charge in [-0.05, 0) is 29.1 Å². The third-order valence-corrected chi connectivity index (χ3v) is 3.01. The number of benzene rings is 1. The van der Waals surface area contributed by atoms with Crippen molar-refractivity contribution in [3.05, 3.63) is 34.5 Å². The van der Waals surface area contributed by atoms with Gasteiger partial charge in [-0.1, -0.05) is 0 Å². The summed E-state index contributed by atoms with van der Waals surface area (Å²) in [5.74, 6) is 0. The summed E-state index contributed by atoms with van der Waals surface area (Å²) in [6.07, 6.45) is 0.689. The molecule has 1 N–H and O–H groups in total. The topological polar surface area (TPSA) is 37.3 Å². The largest absolute Gasteiger partial charge is 0.392 e. The number of carbonyl (C=O) groups is 1. The van der Waals surface area contributed by atoms with E-state index in [0.717, 1.165) is 11.3 Å². The van der Waals surface area contributed by atoms with E-state index in [1.165, 1.54) is 6.07 Å². The van der Waals surface area contributed by atoms with Crippen molar-refractivity contribution < 1.29 is 14.3 Å². The second-order valence-electron chi connectivity index (χ2n) is 2.92. The van der Waals surface area contributed by atoms with Crippen LogP contribution < -0.4 is 0 Å². The van der Waals surface area contributed by atoms with Gasteiger partial charge in [0.05, 0.1) is 6.61 Å². The monoisotopic (exact) mass is 210 g/mol. The number of fused-ring (bicyclic) bond motifs is 1. The lowest BCUT2D eigenvalue weighted by molar-refractivity contribution is 0.112. The van der Waals surface area contributed by atoms with Crippen molar-refractivity contribution in [3.63, 3.8) is 0 Å². The van der Waals surface area contributed by atoms with Gasteiger partial charge in [-0.3, -0.25) is 4.79 Å². The van der Waals surface area contributed by atoms with Gasteiger partial charge in [0.2, 0.25) is 0 Å². The lowest BCUT2D eigenvalue weighted by Crippen LogP contribution is -1.87. The van der Waals surface area contributed by atoms with E-state index >= 15 is 0 Å². The number of aldehydes is 1. The first-order valence-electron chi connectivity index (χ1n) is 4.02. The Labute approximate surface area is 83.6 Å². The van der Waals surface area contributed by atoms with Crippen molar-refractivity contribution in [1.29, 1.82) is 0 Å². The Morgan fingerprint density at radius 2 is 2.21 bits per heavy atom. The molecule has 72 valence electrons. The Morgan fingerprint density at radius 1 is 1.43 bits per heavy atom. The van der Waals surface area contributed by atoms with E-state index < -0.39 is 0 Å². The van der Waals surface area contributed by atoms with Crippen molar-refractivity contribution in [3.8, 4) is 0 Å². The van der Waals surface area contributed by atoms with Crippen LogP contribution in [0.15, 0.2) is 18.2 Å². The lowest BCUT2D eigenvalue weighted by atomic mass is 10.1. The molecule has 0 spiro atoms. The minimum Gasteiger partial charge on any atom is -0.392 e. The summed E-state index contributed by atoms with van der Waals surface area (Å²) in [6, 6.07) is 4.55. The Morgan fingerprint density at radius 3 is 2.86 bits per heavy atom. The molecule has 1 heterocycles. The molecule has 0 bridgehead atoms. The highest BCUT2D eigenvalue weighted by molar-refractivity contribution is 7.17. The van der Waals surface area contributed by atoms with Crippen molar-refractivity contribution in [2.45, 2.75) is 6.61 Å². The zero-order valence-electron chi connectivity index (χ0n) is 7.16. The summed E-state index contributed by atoms with van der Waals surface area (Å²) in [6.45, 7) is -0.182. The van der Waals surface area contributed by atoms with Crippen LogP contribution in [0, 0.1) is 5.13 Å². The van der Waals surface area contributed by atoms with Crippen LogP contribution in [0.3, 0.4) is 0 Å². The first-order valence-corrected chi connectivity index (χ1v) is 4.84. The molecule has 0 aliphatic rings. The second-order valence-corrected chi connectivity index (χ2v) is 3.93. The standard InChI is InChI=1S/C10H7FO2S/c11-9-3-7-1-6(4-12)2-8(5-13)10(7)14-9/h1-4,13H,5H2. The van der Waals surface area contributed by atoms with Crippen LogP contribution in [0.5, 0.6) is 0 Å². The fraction of sp³-hybridized carbons (Fsp3) is 0.100. The molecule has 1 aromatic carbocycles. The average Bonchev–Trinajstić information content (AvgIpc) is 2.56. The van der Waals surface area contributed by atoms with Crippen LogP contribution in [0.1, 0.15) is 15.9 Å². The zero-order valence-corrected chi connectivity index (χ0v) is 7.97. The summed E-state index contributed by atoms with van der Waals surface area (Å²) in [7, 11) is 0. The highest BCUT2D eigenvalue weighted by Crippen LogP contribution is 2.28. The number of hydrogen-bond acceptors (Lipinski definition) is 3. The van der Waals surface area contributed by atoms with Crippen molar-refractivity contribution in [2.24, 2.45) is 0 Å². The molecule has 2 aromatic rings. The SMILES string of the molecule is O=Cc1cc(CO)c2sc(F)cc2c1. The van der Waals surface area contributed by atoms with Gasteiger partial charge in [0.1, 0.15) is 6.29 Å². The van der Waals surface area contributed by atoms with Crippen LogP contribution in [0.2, 0.25) is 0 Å². The maximum absolute atomic E-state index is 12.9. The van der Waals surface area contributed by atoms with E-state index in [-0.39, 0.29) is 11.7 Å². The molecule has 0 aliphatic carbocycles. The molecule has 0 saturated carbocycles. The molecule has 2 nitrogen and oxygen atoms in total. The Kier molecular flexibility index (Phi) is 2.31. The molecule has 0 radical (unpaired) electrons. The third-order valence-electron chi connectivity index (χ3n) is 1.99. The highest BCUT2D eigenvalue weighted by Gasteiger charge is 2.07. The van der Waals surface area contributed by atoms with E-state index in [9.17, 15) is 9.18 Å². The van der Waals surface area contributed by atoms with E-state index in [1.807, 2.05) is 0 Å². The minimum absolute atomic E-state index is 0.182. The summed E-state index contributed by atoms with van der Waals surface area (Å²) < 4.78 is 13.6. The average molecular weight is 210 g/mol. The summed E-state index contributed by atoms with van der Waals surface area (Å²) in [5, 5.41) is 9.39. The quantitative estimate of drug-likeness (QED) is 0.772. The molecule has 0 saturated heterocycles. The molecule has 0 amide bonds. The minimum atomic E-state index is -0.308. The fourth-order valence-corrected chi connectivity index (χ4v) is 2.28. The molecule has 0 fully saturated rings. The molecular weight excluding hydrogens is 203 g/mol. The van der Waals surface area contributed by atoms with E-state index in [4.69, 9.17) is 5.11 Å². The number of aliphatic hydroxyl groups is 1. The molecular formula is C10H7FO2S. The van der Waals surface area contributed by atoms with Gasteiger partial charge in [-0.15, -0.1) is 11.3 Å². The van der Waals surface area contributed by atoms with Crippen LogP contribution in [-0.4, -0.2) is 11.4 Å². The normalized spacial score (nSPS) is 10.7. The van der Waals surface area contributed by atoms with E-state index in [1.54, 1.807) is 12.1 Å². The van der Waals surface area contributed by atoms with Crippen molar-refractivity contribution in [2.75, 3.05) is 0 Å². The molecule has 0 aliphatic heterocycles. The fourth-order valence-electron chi connectivity index (χ4n) is 1.41. The van der Waals surface area contributed by atoms with Crippen LogP contribution in [-0.2, 0) is 6.61 Å². The number of aliphatic hydroxyl groups excluding tert-OH is 1. The van der Waals surface area contributed by atoms with Gasteiger partial charge in [-0.25, -0.2) is 0 Å². The van der Waals surface area contributed by atoms with Gasteiger partial charge in [0.25, 0.3) is 0 Å². The molecule has 2 rings (SSSR count). The summed E-state index contributed by atoms with van der Waals surface area (Å²) in [4.78, 5) is 10.6.